The van der Waals surface area contributed by atoms with Crippen molar-refractivity contribution < 1.29 is 18.4 Å². The zero-order valence-electron chi connectivity index (χ0n) is 13.4. The van der Waals surface area contributed by atoms with Gasteiger partial charge in [-0.1, -0.05) is 12.1 Å². The van der Waals surface area contributed by atoms with Gasteiger partial charge in [-0.05, 0) is 36.2 Å². The first-order valence-corrected chi connectivity index (χ1v) is 7.95. The van der Waals surface area contributed by atoms with Crippen LogP contribution in [0.2, 0.25) is 0 Å². The number of rotatable bonds is 6. The molecule has 4 N–H and O–H groups in total. The lowest BCUT2D eigenvalue weighted by atomic mass is 10.0. The van der Waals surface area contributed by atoms with Crippen molar-refractivity contribution in [1.29, 1.82) is 0 Å². The molecule has 0 radical (unpaired) electrons. The van der Waals surface area contributed by atoms with Crippen LogP contribution in [-0.4, -0.2) is 24.4 Å². The summed E-state index contributed by atoms with van der Waals surface area (Å²) in [5.74, 6) is -0.232. The maximum atomic E-state index is 13.0. The number of hydrazine groups is 1. The minimum absolute atomic E-state index is 0.0934. The molecule has 0 saturated carbocycles. The maximum Gasteiger partial charge on any atom is 0.239 e. The molecular formula is C17H19FN4O3. The Morgan fingerprint density at radius 2 is 1.96 bits per heavy atom. The maximum absolute atomic E-state index is 13.0. The van der Waals surface area contributed by atoms with Gasteiger partial charge in [-0.15, -0.1) is 0 Å². The molecule has 7 nitrogen and oxygen atoms in total. The van der Waals surface area contributed by atoms with E-state index in [1.807, 2.05) is 0 Å². The zero-order valence-corrected chi connectivity index (χ0v) is 13.4. The summed E-state index contributed by atoms with van der Waals surface area (Å²) in [7, 11) is 0. The van der Waals surface area contributed by atoms with E-state index in [-0.39, 0.29) is 36.8 Å². The van der Waals surface area contributed by atoms with Crippen molar-refractivity contribution in [2.45, 2.75) is 25.0 Å². The first kappa shape index (κ1) is 17.1. The van der Waals surface area contributed by atoms with E-state index in [2.05, 4.69) is 21.5 Å². The van der Waals surface area contributed by atoms with Gasteiger partial charge in [-0.2, -0.15) is 0 Å². The molecule has 2 amide bonds. The van der Waals surface area contributed by atoms with Crippen LogP contribution in [0.5, 0.6) is 0 Å². The van der Waals surface area contributed by atoms with E-state index in [4.69, 9.17) is 4.42 Å². The predicted octanol–water partition coefficient (Wildman–Crippen LogP) is 0.759. The van der Waals surface area contributed by atoms with Crippen LogP contribution in [0, 0.1) is 5.82 Å². The van der Waals surface area contributed by atoms with Gasteiger partial charge in [0.2, 0.25) is 11.8 Å². The molecule has 2 aromatic rings. The Morgan fingerprint density at radius 3 is 2.68 bits per heavy atom. The van der Waals surface area contributed by atoms with Crippen LogP contribution >= 0.6 is 0 Å². The second-order valence-corrected chi connectivity index (χ2v) is 5.75. The SMILES string of the molecule is O=C(CNC(=O)C1CC(c2ccc(F)cc2)NN1)NCc1ccco1. The van der Waals surface area contributed by atoms with Gasteiger partial charge in [0, 0.05) is 6.04 Å². The van der Waals surface area contributed by atoms with E-state index in [0.29, 0.717) is 12.2 Å². The highest BCUT2D eigenvalue weighted by molar-refractivity contribution is 5.87. The third kappa shape index (κ3) is 4.65. The Bertz CT molecular complexity index is 718. The van der Waals surface area contributed by atoms with Gasteiger partial charge < -0.3 is 15.1 Å². The number of benzene rings is 1. The summed E-state index contributed by atoms with van der Waals surface area (Å²) < 4.78 is 18.1. The minimum Gasteiger partial charge on any atom is -0.467 e. The summed E-state index contributed by atoms with van der Waals surface area (Å²) in [5, 5.41) is 5.24. The molecule has 0 aliphatic carbocycles. The molecule has 2 heterocycles. The Balaban J connectivity index is 1.41. The summed E-state index contributed by atoms with van der Waals surface area (Å²) in [4.78, 5) is 23.9. The van der Waals surface area contributed by atoms with E-state index in [1.165, 1.54) is 18.4 Å². The molecule has 25 heavy (non-hydrogen) atoms. The topological polar surface area (TPSA) is 95.4 Å². The Kier molecular flexibility index (Phi) is 5.42. The molecule has 0 bridgehead atoms. The highest BCUT2D eigenvalue weighted by Crippen LogP contribution is 2.22. The second kappa shape index (κ2) is 7.91. The van der Waals surface area contributed by atoms with Crippen molar-refractivity contribution in [3.8, 4) is 0 Å². The lowest BCUT2D eigenvalue weighted by Gasteiger charge is -2.11. The highest BCUT2D eigenvalue weighted by atomic mass is 19.1. The molecule has 1 fully saturated rings. The van der Waals surface area contributed by atoms with Gasteiger partial charge in [0.15, 0.2) is 0 Å². The van der Waals surface area contributed by atoms with Crippen LogP contribution in [-0.2, 0) is 16.1 Å². The molecule has 0 spiro atoms. The summed E-state index contributed by atoms with van der Waals surface area (Å²) >= 11 is 0. The van der Waals surface area contributed by atoms with Crippen LogP contribution in [0.4, 0.5) is 4.39 Å². The number of halogens is 1. The van der Waals surface area contributed by atoms with Gasteiger partial charge in [-0.3, -0.25) is 9.59 Å². The van der Waals surface area contributed by atoms with Crippen molar-refractivity contribution in [3.05, 3.63) is 59.8 Å². The number of carbonyl (C=O) groups is 2. The third-order valence-corrected chi connectivity index (χ3v) is 3.96. The van der Waals surface area contributed by atoms with Gasteiger partial charge in [0.05, 0.1) is 19.4 Å². The van der Waals surface area contributed by atoms with E-state index in [0.717, 1.165) is 5.56 Å². The molecule has 1 aliphatic rings. The van der Waals surface area contributed by atoms with Crippen molar-refractivity contribution in [1.82, 2.24) is 21.5 Å². The number of hydrogen-bond acceptors (Lipinski definition) is 5. The largest absolute Gasteiger partial charge is 0.467 e. The quantitative estimate of drug-likeness (QED) is 0.619. The number of nitrogens with one attached hydrogen (secondary N) is 4. The predicted molar refractivity (Wildman–Crippen MR) is 87.4 cm³/mol. The molecule has 1 aliphatic heterocycles. The molecule has 1 aromatic carbocycles. The Morgan fingerprint density at radius 1 is 1.16 bits per heavy atom. The van der Waals surface area contributed by atoms with Crippen molar-refractivity contribution in [3.63, 3.8) is 0 Å². The highest BCUT2D eigenvalue weighted by Gasteiger charge is 2.30. The van der Waals surface area contributed by atoms with Crippen LogP contribution in [0.25, 0.3) is 0 Å². The second-order valence-electron chi connectivity index (χ2n) is 5.75. The molecule has 132 valence electrons. The number of carbonyl (C=O) groups excluding carboxylic acids is 2. The van der Waals surface area contributed by atoms with Gasteiger partial charge in [0.1, 0.15) is 17.6 Å². The molecule has 1 saturated heterocycles. The van der Waals surface area contributed by atoms with E-state index >= 15 is 0 Å². The average molecular weight is 346 g/mol. The monoisotopic (exact) mass is 346 g/mol. The van der Waals surface area contributed by atoms with E-state index in [1.54, 1.807) is 24.3 Å². The first-order valence-electron chi connectivity index (χ1n) is 7.95. The molecule has 2 atom stereocenters. The molecule has 3 rings (SSSR count). The average Bonchev–Trinajstić information content (AvgIpc) is 3.30. The van der Waals surface area contributed by atoms with Crippen LogP contribution in [0.15, 0.2) is 47.1 Å². The zero-order chi connectivity index (χ0) is 17.6. The molecule has 2 unspecified atom stereocenters. The van der Waals surface area contributed by atoms with Crippen molar-refractivity contribution >= 4 is 11.8 Å². The summed E-state index contributed by atoms with van der Waals surface area (Å²) in [5.41, 5.74) is 6.79. The summed E-state index contributed by atoms with van der Waals surface area (Å²) in [6.45, 7) is 0.163. The Labute approximate surface area is 143 Å². The van der Waals surface area contributed by atoms with Gasteiger partial charge in [0.25, 0.3) is 0 Å². The standard InChI is InChI=1S/C17H19FN4O3/c18-12-5-3-11(4-6-12)14-8-15(22-21-14)17(24)20-10-16(23)19-9-13-2-1-7-25-13/h1-7,14-15,21-22H,8-10H2,(H,19,23)(H,20,24). The number of hydrogen-bond donors (Lipinski definition) is 4. The summed E-state index contributed by atoms with van der Waals surface area (Å²) in [6.07, 6.45) is 2.03. The van der Waals surface area contributed by atoms with Gasteiger partial charge in [-0.25, -0.2) is 15.2 Å². The molecule has 8 heteroatoms. The van der Waals surface area contributed by atoms with Crippen LogP contribution < -0.4 is 21.5 Å². The summed E-state index contributed by atoms with van der Waals surface area (Å²) in [6, 6.07) is 9.05. The number of furan rings is 1. The minimum atomic E-state index is -0.465. The first-order chi connectivity index (χ1) is 12.1. The van der Waals surface area contributed by atoms with E-state index in [9.17, 15) is 14.0 Å². The van der Waals surface area contributed by atoms with Crippen LogP contribution in [0.1, 0.15) is 23.8 Å². The smallest absolute Gasteiger partial charge is 0.239 e. The van der Waals surface area contributed by atoms with Crippen LogP contribution in [0.3, 0.4) is 0 Å². The van der Waals surface area contributed by atoms with Crippen molar-refractivity contribution in [2.24, 2.45) is 0 Å². The number of amides is 2. The normalized spacial score (nSPS) is 19.6. The fourth-order valence-electron chi connectivity index (χ4n) is 2.59. The third-order valence-electron chi connectivity index (χ3n) is 3.96. The lowest BCUT2D eigenvalue weighted by Crippen LogP contribution is -2.46. The van der Waals surface area contributed by atoms with E-state index < -0.39 is 6.04 Å². The van der Waals surface area contributed by atoms with Crippen molar-refractivity contribution in [2.75, 3.05) is 6.54 Å². The molecule has 1 aromatic heterocycles. The fourth-order valence-corrected chi connectivity index (χ4v) is 2.59. The fraction of sp³-hybridized carbons (Fsp3) is 0.294. The van der Waals surface area contributed by atoms with Gasteiger partial charge >= 0.3 is 0 Å². The Hall–Kier alpha value is -2.71. The molecular weight excluding hydrogens is 327 g/mol. The lowest BCUT2D eigenvalue weighted by molar-refractivity contribution is -0.127.